The van der Waals surface area contributed by atoms with Gasteiger partial charge in [-0.15, -0.1) is 11.3 Å². The molecule has 2 aromatic rings. The number of imide groups is 1. The van der Waals surface area contributed by atoms with Gasteiger partial charge in [-0.05, 0) is 49.2 Å². The third-order valence-electron chi connectivity index (χ3n) is 6.68. The van der Waals surface area contributed by atoms with Gasteiger partial charge in [-0.3, -0.25) is 33.8 Å². The summed E-state index contributed by atoms with van der Waals surface area (Å²) in [7, 11) is 0. The molecule has 0 spiro atoms. The number of anilines is 2. The van der Waals surface area contributed by atoms with Gasteiger partial charge < -0.3 is 30.5 Å². The molecule has 1 atom stereocenters. The highest BCUT2D eigenvalue weighted by atomic mass is 35.5. The molecule has 1 unspecified atom stereocenters. The van der Waals surface area contributed by atoms with Gasteiger partial charge in [-0.2, -0.15) is 0 Å². The predicted molar refractivity (Wildman–Crippen MR) is 166 cm³/mol. The van der Waals surface area contributed by atoms with Crippen molar-refractivity contribution in [1.29, 1.82) is 0 Å². The molecule has 2 aliphatic heterocycles. The van der Waals surface area contributed by atoms with Crippen LogP contribution >= 0.6 is 22.9 Å². The van der Waals surface area contributed by atoms with Gasteiger partial charge >= 0.3 is 12.1 Å². The minimum atomic E-state index is -0.750. The lowest BCUT2D eigenvalue weighted by Crippen LogP contribution is -2.43. The number of thiophene rings is 1. The third kappa shape index (κ3) is 10.5. The molecular weight excluding hydrogens is 630 g/mol. The number of carbonyl (C=O) groups excluding carboxylic acids is 5. The average molecular weight is 666 g/mol. The number of hydrogen-bond donors (Lipinski definition) is 3. The number of benzene rings is 1. The number of nitrogens with zero attached hydrogens (tertiary/aromatic N) is 3. The smallest absolute Gasteiger partial charge is 0.414 e. The number of carboxylic acid groups (broad SMARTS) is 1. The van der Waals surface area contributed by atoms with Gasteiger partial charge in [0.05, 0.1) is 35.5 Å². The van der Waals surface area contributed by atoms with Crippen LogP contribution in [0.25, 0.3) is 0 Å². The molecule has 4 rings (SSSR count). The Bertz CT molecular complexity index is 1370. The van der Waals surface area contributed by atoms with E-state index in [9.17, 15) is 28.8 Å². The summed E-state index contributed by atoms with van der Waals surface area (Å²) in [5, 5.41) is 10.4. The largest absolute Gasteiger partial charge is 0.481 e. The van der Waals surface area contributed by atoms with E-state index in [1.807, 2.05) is 0 Å². The van der Waals surface area contributed by atoms with Crippen molar-refractivity contribution in [1.82, 2.24) is 10.2 Å². The van der Waals surface area contributed by atoms with Crippen molar-refractivity contribution < 1.29 is 43.3 Å². The van der Waals surface area contributed by atoms with E-state index in [4.69, 9.17) is 31.9 Å². The molecule has 2 saturated heterocycles. The van der Waals surface area contributed by atoms with Crippen LogP contribution in [0.4, 0.5) is 16.2 Å². The van der Waals surface area contributed by atoms with Gasteiger partial charge in [0.15, 0.2) is 0 Å². The average Bonchev–Trinajstić information content (AvgIpc) is 3.64. The van der Waals surface area contributed by atoms with Crippen molar-refractivity contribution in [3.8, 4) is 0 Å². The second-order valence-corrected chi connectivity index (χ2v) is 11.6. The Balaban J connectivity index is 0.00000102. The summed E-state index contributed by atoms with van der Waals surface area (Å²) in [6.07, 6.45) is -0.0966. The van der Waals surface area contributed by atoms with Gasteiger partial charge in [0.2, 0.25) is 11.8 Å². The van der Waals surface area contributed by atoms with Crippen LogP contribution in [0.2, 0.25) is 4.34 Å². The van der Waals surface area contributed by atoms with Crippen molar-refractivity contribution in [3.63, 3.8) is 0 Å². The molecule has 5 amide bonds. The molecule has 244 valence electrons. The maximum atomic E-state index is 13.2. The number of cyclic esters (lactones) is 1. The number of amides is 5. The topological polar surface area (TPSA) is 189 Å². The standard InChI is InChI=1S/C26H30ClN5O7S.C3H6O2/c27-21-9-8-20(40-21)25(36)32(23(34)3-1-2-10-29-22(33)13-28)15-19-14-31(26(37)39-19)18-6-4-17(5-7-18)30-11-12-38-16-24(30)35;1-2-3(4)5/h4-9,19H,1-3,10-16,28H2,(H,29,33);2H2,1H3,(H,4,5). The Morgan fingerprint density at radius 3 is 2.33 bits per heavy atom. The van der Waals surface area contributed by atoms with Crippen LogP contribution in [-0.4, -0.2) is 97.7 Å². The number of morpholine rings is 1. The lowest BCUT2D eigenvalue weighted by Gasteiger charge is -2.27. The molecule has 1 aromatic heterocycles. The number of carbonyl (C=O) groups is 6. The molecule has 1 aromatic carbocycles. The van der Waals surface area contributed by atoms with E-state index in [-0.39, 0.29) is 50.9 Å². The lowest BCUT2D eigenvalue weighted by molar-refractivity contribution is -0.136. The van der Waals surface area contributed by atoms with Gasteiger partial charge in [-0.25, -0.2) is 4.79 Å². The van der Waals surface area contributed by atoms with Crippen LogP contribution in [0.15, 0.2) is 36.4 Å². The lowest BCUT2D eigenvalue weighted by atomic mass is 10.2. The van der Waals surface area contributed by atoms with Crippen molar-refractivity contribution >= 4 is 70.0 Å². The number of nitrogens with one attached hydrogen (secondary N) is 1. The Morgan fingerprint density at radius 1 is 1.09 bits per heavy atom. The Labute approximate surface area is 269 Å². The number of nitrogens with two attached hydrogens (primary N) is 1. The maximum Gasteiger partial charge on any atom is 0.414 e. The second kappa shape index (κ2) is 17.4. The van der Waals surface area contributed by atoms with Gasteiger partial charge in [0, 0.05) is 37.3 Å². The SMILES string of the molecule is CCC(=O)O.NCC(=O)NCCCCC(=O)N(CC1CN(c2ccc(N3CCOCC3=O)cc2)C(=O)O1)C(=O)c1ccc(Cl)s1. The van der Waals surface area contributed by atoms with E-state index >= 15 is 0 Å². The summed E-state index contributed by atoms with van der Waals surface area (Å²) in [4.78, 5) is 76.3. The Kier molecular flexibility index (Phi) is 13.7. The molecule has 2 aliphatic rings. The number of rotatable bonds is 12. The van der Waals surface area contributed by atoms with Gasteiger partial charge in [0.25, 0.3) is 11.8 Å². The number of carboxylic acids is 1. The molecular formula is C29H36ClN5O9S. The first-order chi connectivity index (χ1) is 21.5. The minimum absolute atomic E-state index is 0.0261. The van der Waals surface area contributed by atoms with E-state index < -0.39 is 30.0 Å². The summed E-state index contributed by atoms with van der Waals surface area (Å²) in [6.45, 7) is 2.78. The van der Waals surface area contributed by atoms with Gasteiger partial charge in [0.1, 0.15) is 12.7 Å². The maximum absolute atomic E-state index is 13.2. The zero-order chi connectivity index (χ0) is 32.9. The van der Waals surface area contributed by atoms with E-state index in [2.05, 4.69) is 5.32 Å². The Hall–Kier alpha value is -4.05. The Morgan fingerprint density at radius 2 is 1.76 bits per heavy atom. The quantitative estimate of drug-likeness (QED) is 0.284. The zero-order valence-corrected chi connectivity index (χ0v) is 26.3. The summed E-state index contributed by atoms with van der Waals surface area (Å²) < 4.78 is 11.1. The normalized spacial score (nSPS) is 16.0. The van der Waals surface area contributed by atoms with Crippen LogP contribution in [0.5, 0.6) is 0 Å². The third-order valence-corrected chi connectivity index (χ3v) is 7.90. The summed E-state index contributed by atoms with van der Waals surface area (Å²) in [5.41, 5.74) is 6.52. The molecule has 0 saturated carbocycles. The van der Waals surface area contributed by atoms with Crippen molar-refractivity contribution in [2.45, 2.75) is 38.7 Å². The molecule has 3 heterocycles. The highest BCUT2D eigenvalue weighted by Gasteiger charge is 2.36. The van der Waals surface area contributed by atoms with Crippen LogP contribution in [-0.2, 0) is 28.7 Å². The van der Waals surface area contributed by atoms with E-state index in [1.54, 1.807) is 48.2 Å². The first-order valence-electron chi connectivity index (χ1n) is 14.3. The summed E-state index contributed by atoms with van der Waals surface area (Å²) in [5.74, 6) is -2.11. The van der Waals surface area contributed by atoms with E-state index in [1.165, 1.54) is 4.90 Å². The molecule has 45 heavy (non-hydrogen) atoms. The molecule has 14 nitrogen and oxygen atoms in total. The zero-order valence-electron chi connectivity index (χ0n) is 24.7. The minimum Gasteiger partial charge on any atom is -0.481 e. The number of hydrogen-bond acceptors (Lipinski definition) is 10. The monoisotopic (exact) mass is 665 g/mol. The molecule has 0 radical (unpaired) electrons. The van der Waals surface area contributed by atoms with Crippen molar-refractivity contribution in [2.75, 3.05) is 55.7 Å². The highest BCUT2D eigenvalue weighted by Crippen LogP contribution is 2.27. The van der Waals surface area contributed by atoms with Crippen LogP contribution < -0.4 is 20.9 Å². The first-order valence-corrected chi connectivity index (χ1v) is 15.5. The number of halogens is 1. The fourth-order valence-electron chi connectivity index (χ4n) is 4.33. The summed E-state index contributed by atoms with van der Waals surface area (Å²) >= 11 is 7.06. The fourth-order valence-corrected chi connectivity index (χ4v) is 5.32. The molecule has 0 bridgehead atoms. The van der Waals surface area contributed by atoms with Crippen molar-refractivity contribution in [2.24, 2.45) is 5.73 Å². The first kappa shape index (κ1) is 35.4. The van der Waals surface area contributed by atoms with Crippen LogP contribution in [0.3, 0.4) is 0 Å². The summed E-state index contributed by atoms with van der Waals surface area (Å²) in [6, 6.07) is 10.0. The van der Waals surface area contributed by atoms with E-state index in [0.717, 1.165) is 16.2 Å². The van der Waals surface area contributed by atoms with Gasteiger partial charge in [-0.1, -0.05) is 18.5 Å². The molecule has 16 heteroatoms. The highest BCUT2D eigenvalue weighted by molar-refractivity contribution is 7.18. The number of aliphatic carboxylic acids is 1. The number of ether oxygens (including phenoxy) is 2. The van der Waals surface area contributed by atoms with E-state index in [0.29, 0.717) is 53.1 Å². The van der Waals surface area contributed by atoms with Crippen molar-refractivity contribution in [3.05, 3.63) is 45.6 Å². The fraction of sp³-hybridized carbons (Fsp3) is 0.448. The van der Waals surface area contributed by atoms with Crippen LogP contribution in [0.1, 0.15) is 42.3 Å². The predicted octanol–water partition coefficient (Wildman–Crippen LogP) is 2.49. The molecule has 2 fully saturated rings. The number of unbranched alkanes of at least 4 members (excludes halogenated alkanes) is 1. The second-order valence-electron chi connectivity index (χ2n) is 9.90. The van der Waals surface area contributed by atoms with Crippen LogP contribution in [0, 0.1) is 0 Å². The molecule has 0 aliphatic carbocycles. The molecule has 4 N–H and O–H groups in total.